The number of benzene rings is 3. The third-order valence-corrected chi connectivity index (χ3v) is 11.0. The van der Waals surface area contributed by atoms with Gasteiger partial charge in [-0.25, -0.2) is 0 Å². The Morgan fingerprint density at radius 2 is 1.59 bits per heavy atom. The van der Waals surface area contributed by atoms with Crippen molar-refractivity contribution < 1.29 is 28.7 Å². The highest BCUT2D eigenvalue weighted by Gasteiger charge is 2.44. The van der Waals surface area contributed by atoms with Gasteiger partial charge < -0.3 is 25.6 Å². The number of imide groups is 2. The lowest BCUT2D eigenvalue weighted by atomic mass is 9.92. The van der Waals surface area contributed by atoms with E-state index in [0.29, 0.717) is 33.5 Å². The van der Waals surface area contributed by atoms with Crippen LogP contribution in [0.4, 0.5) is 11.4 Å². The average Bonchev–Trinajstić information content (AvgIpc) is 3.42. The molecule has 0 aromatic heterocycles. The monoisotopic (exact) mass is 751 g/mol. The van der Waals surface area contributed by atoms with E-state index in [0.717, 1.165) is 81.0 Å². The van der Waals surface area contributed by atoms with Gasteiger partial charge in [0.15, 0.2) is 0 Å². The van der Waals surface area contributed by atoms with Gasteiger partial charge in [0, 0.05) is 67.7 Å². The third kappa shape index (κ3) is 8.20. The van der Waals surface area contributed by atoms with Gasteiger partial charge in [-0.3, -0.25) is 34.2 Å². The van der Waals surface area contributed by atoms with E-state index >= 15 is 0 Å². The molecule has 5 amide bonds. The van der Waals surface area contributed by atoms with Crippen LogP contribution in [0.2, 0.25) is 5.02 Å². The van der Waals surface area contributed by atoms with Crippen LogP contribution in [0, 0.1) is 11.3 Å². The summed E-state index contributed by atoms with van der Waals surface area (Å²) in [4.78, 5) is 66.4. The maximum absolute atomic E-state index is 13.2. The molecule has 3 aromatic carbocycles. The van der Waals surface area contributed by atoms with E-state index in [1.54, 1.807) is 30.3 Å². The zero-order valence-electron chi connectivity index (χ0n) is 29.7. The van der Waals surface area contributed by atoms with Crippen LogP contribution >= 0.6 is 11.6 Å². The predicted molar refractivity (Wildman–Crippen MR) is 202 cm³/mol. The van der Waals surface area contributed by atoms with Crippen molar-refractivity contribution in [1.82, 2.24) is 20.9 Å². The van der Waals surface area contributed by atoms with Crippen molar-refractivity contribution in [2.75, 3.05) is 36.4 Å². The molecule has 3 heterocycles. The Bertz CT molecular complexity index is 1980. The van der Waals surface area contributed by atoms with Crippen molar-refractivity contribution in [2.45, 2.75) is 75.6 Å². The number of ether oxygens (including phenoxy) is 1. The van der Waals surface area contributed by atoms with Gasteiger partial charge in [-0.2, -0.15) is 5.26 Å². The molecule has 4 N–H and O–H groups in total. The Morgan fingerprint density at radius 3 is 2.30 bits per heavy atom. The summed E-state index contributed by atoms with van der Waals surface area (Å²) in [6.07, 6.45) is 5.34. The number of hydrogen-bond acceptors (Lipinski definition) is 10. The van der Waals surface area contributed by atoms with Crippen LogP contribution in [0.3, 0.4) is 0 Å². The minimum atomic E-state index is -0.978. The number of nitrogens with one attached hydrogen (secondary N) is 4. The van der Waals surface area contributed by atoms with Gasteiger partial charge in [-0.1, -0.05) is 11.6 Å². The first-order chi connectivity index (χ1) is 26.2. The summed E-state index contributed by atoms with van der Waals surface area (Å²) in [5.74, 6) is -1.46. The molecule has 1 unspecified atom stereocenters. The molecule has 4 aliphatic rings. The molecule has 7 rings (SSSR count). The Hall–Kier alpha value is -5.45. The van der Waals surface area contributed by atoms with E-state index in [1.165, 1.54) is 0 Å². The first kappa shape index (κ1) is 36.9. The molecule has 0 spiro atoms. The number of piperidine rings is 2. The zero-order valence-corrected chi connectivity index (χ0v) is 30.5. The molecule has 1 saturated carbocycles. The molecule has 1 aliphatic carbocycles. The van der Waals surface area contributed by atoms with Gasteiger partial charge in [-0.15, -0.1) is 0 Å². The fourth-order valence-corrected chi connectivity index (χ4v) is 7.88. The summed E-state index contributed by atoms with van der Waals surface area (Å²) < 4.78 is 6.07. The molecule has 3 fully saturated rings. The van der Waals surface area contributed by atoms with Crippen molar-refractivity contribution in [3.05, 3.63) is 87.9 Å². The van der Waals surface area contributed by atoms with Gasteiger partial charge in [-0.05, 0) is 99.5 Å². The zero-order chi connectivity index (χ0) is 37.8. The maximum Gasteiger partial charge on any atom is 0.262 e. The number of rotatable bonds is 11. The highest BCUT2D eigenvalue weighted by molar-refractivity contribution is 6.31. The molecule has 1 atom stereocenters. The molecule has 2 saturated heterocycles. The first-order valence-electron chi connectivity index (χ1n) is 18.5. The van der Waals surface area contributed by atoms with Gasteiger partial charge >= 0.3 is 0 Å². The van der Waals surface area contributed by atoms with E-state index in [-0.39, 0.29) is 36.5 Å². The van der Waals surface area contributed by atoms with E-state index < -0.39 is 29.7 Å². The smallest absolute Gasteiger partial charge is 0.262 e. The summed E-state index contributed by atoms with van der Waals surface area (Å²) in [6, 6.07) is 19.3. The lowest BCUT2D eigenvalue weighted by Crippen LogP contribution is -2.54. The molecule has 3 aromatic rings. The third-order valence-electron chi connectivity index (χ3n) is 10.7. The summed E-state index contributed by atoms with van der Waals surface area (Å²) in [5.41, 5.74) is 3.40. The Morgan fingerprint density at radius 1 is 0.852 bits per heavy atom. The standard InChI is InChI=1S/C40H42ClN7O6/c41-34-22-31(9-3-25(34)23-42)54-30-10-6-28(7-11-30)45-37(50)24-1-4-26(5-2-24)43-17-18-44-27-15-19-47(20-16-27)29-8-12-32-33(21-29)40(53)48(39(32)52)35-13-14-36(49)46-38(35)51/h1-5,8-9,12,21-22,27-28,30,35,43-44H,6-7,10-11,13-20H2,(H,45,50)(H,46,49,51)/t28-,30-,35?. The highest BCUT2D eigenvalue weighted by atomic mass is 35.5. The van der Waals surface area contributed by atoms with Crippen LogP contribution < -0.4 is 30.9 Å². The minimum Gasteiger partial charge on any atom is -0.490 e. The quantitative estimate of drug-likeness (QED) is 0.163. The van der Waals surface area contributed by atoms with Gasteiger partial charge in [0.1, 0.15) is 17.9 Å². The number of carbonyl (C=O) groups excluding carboxylic acids is 5. The largest absolute Gasteiger partial charge is 0.490 e. The number of fused-ring (bicyclic) bond motifs is 1. The second-order valence-electron chi connectivity index (χ2n) is 14.2. The Labute approximate surface area is 318 Å². The van der Waals surface area contributed by atoms with Crippen LogP contribution in [0.25, 0.3) is 0 Å². The predicted octanol–water partition coefficient (Wildman–Crippen LogP) is 4.40. The van der Waals surface area contributed by atoms with Crippen molar-refractivity contribution in [2.24, 2.45) is 0 Å². The van der Waals surface area contributed by atoms with Crippen LogP contribution in [-0.4, -0.2) is 84.8 Å². The number of nitrogens with zero attached hydrogens (tertiary/aromatic N) is 3. The second kappa shape index (κ2) is 16.3. The van der Waals surface area contributed by atoms with Crippen LogP contribution in [0.1, 0.15) is 88.0 Å². The molecule has 0 bridgehead atoms. The summed E-state index contributed by atoms with van der Waals surface area (Å²) in [5, 5.41) is 21.9. The number of carbonyl (C=O) groups is 5. The van der Waals surface area contributed by atoms with Gasteiger partial charge in [0.25, 0.3) is 17.7 Å². The number of halogens is 1. The summed E-state index contributed by atoms with van der Waals surface area (Å²) in [7, 11) is 0. The molecule has 3 aliphatic heterocycles. The SMILES string of the molecule is N#Cc1ccc(O[C@H]2CC[C@H](NC(=O)c3ccc(NCCNC4CCN(c5ccc6c(c5)C(=O)N(C5CCC(=O)NC5=O)C6=O)CC4)cc3)CC2)cc1Cl. The van der Waals surface area contributed by atoms with E-state index in [9.17, 15) is 24.0 Å². The maximum atomic E-state index is 13.2. The molecular formula is C40H42ClN7O6. The van der Waals surface area contributed by atoms with E-state index in [4.69, 9.17) is 21.6 Å². The molecule has 13 nitrogen and oxygen atoms in total. The van der Waals surface area contributed by atoms with Crippen molar-refractivity contribution in [3.63, 3.8) is 0 Å². The van der Waals surface area contributed by atoms with Gasteiger partial charge in [0.05, 0.1) is 27.8 Å². The van der Waals surface area contributed by atoms with Crippen LogP contribution in [0.15, 0.2) is 60.7 Å². The Balaban J connectivity index is 0.798. The first-order valence-corrected chi connectivity index (χ1v) is 18.9. The van der Waals surface area contributed by atoms with Crippen molar-refractivity contribution >= 4 is 52.5 Å². The summed E-state index contributed by atoms with van der Waals surface area (Å²) >= 11 is 6.13. The second-order valence-corrected chi connectivity index (χ2v) is 14.6. The number of nitriles is 1. The van der Waals surface area contributed by atoms with E-state index in [2.05, 4.69) is 26.2 Å². The molecule has 14 heteroatoms. The fourth-order valence-electron chi connectivity index (χ4n) is 7.67. The van der Waals surface area contributed by atoms with E-state index in [1.807, 2.05) is 36.4 Å². The van der Waals surface area contributed by atoms with Gasteiger partial charge in [0.2, 0.25) is 11.8 Å². The van der Waals surface area contributed by atoms with Crippen molar-refractivity contribution in [3.8, 4) is 11.8 Å². The molecular weight excluding hydrogens is 710 g/mol. The fraction of sp³-hybridized carbons (Fsp3) is 0.400. The number of hydrogen-bond donors (Lipinski definition) is 4. The van der Waals surface area contributed by atoms with Crippen LogP contribution in [0.5, 0.6) is 5.75 Å². The minimum absolute atomic E-state index is 0.0373. The Kier molecular flexibility index (Phi) is 11.1. The molecule has 54 heavy (non-hydrogen) atoms. The number of amides is 5. The molecule has 0 radical (unpaired) electrons. The van der Waals surface area contributed by atoms with Crippen LogP contribution in [-0.2, 0) is 9.59 Å². The topological polar surface area (TPSA) is 173 Å². The highest BCUT2D eigenvalue weighted by Crippen LogP contribution is 2.32. The lowest BCUT2D eigenvalue weighted by Gasteiger charge is -2.34. The average molecular weight is 752 g/mol. The normalized spacial score (nSPS) is 21.7. The summed E-state index contributed by atoms with van der Waals surface area (Å²) in [6.45, 7) is 3.06. The van der Waals surface area contributed by atoms with Crippen molar-refractivity contribution in [1.29, 1.82) is 5.26 Å². The molecule has 280 valence electrons. The number of anilines is 2. The lowest BCUT2D eigenvalue weighted by molar-refractivity contribution is -0.136.